The Balaban J connectivity index is 1.59. The number of likely N-dealkylation sites (tertiary alicyclic amines) is 1. The van der Waals surface area contributed by atoms with Gasteiger partial charge in [0.2, 0.25) is 0 Å². The smallest absolute Gasteiger partial charge is 0.253 e. The number of carbonyl (C=O) groups excluding carboxylic acids is 1. The predicted molar refractivity (Wildman–Crippen MR) is 71.2 cm³/mol. The molecule has 4 nitrogen and oxygen atoms in total. The molecule has 1 N–H and O–H groups in total. The van der Waals surface area contributed by atoms with Gasteiger partial charge in [0.05, 0.1) is 12.7 Å². The predicted octanol–water partition coefficient (Wildman–Crippen LogP) is 1.68. The van der Waals surface area contributed by atoms with Crippen LogP contribution in [0.1, 0.15) is 29.6 Å². The topological polar surface area (TPSA) is 49.8 Å². The van der Waals surface area contributed by atoms with Crippen LogP contribution in [0.5, 0.6) is 5.75 Å². The summed E-state index contributed by atoms with van der Waals surface area (Å²) in [5, 5.41) is 9.45. The Labute approximate surface area is 113 Å². The van der Waals surface area contributed by atoms with Gasteiger partial charge in [-0.05, 0) is 49.4 Å². The molecule has 3 rings (SSSR count). The van der Waals surface area contributed by atoms with Crippen LogP contribution in [-0.4, -0.2) is 41.7 Å². The number of benzene rings is 1. The third kappa shape index (κ3) is 3.07. The normalized spacial score (nSPS) is 22.6. The Morgan fingerprint density at radius 1 is 1.26 bits per heavy atom. The van der Waals surface area contributed by atoms with Crippen LogP contribution in [0, 0.1) is 5.92 Å². The maximum absolute atomic E-state index is 12.2. The highest BCUT2D eigenvalue weighted by molar-refractivity contribution is 5.94. The van der Waals surface area contributed by atoms with E-state index in [1.165, 1.54) is 12.8 Å². The molecule has 1 aromatic rings. The van der Waals surface area contributed by atoms with E-state index in [1.54, 1.807) is 17.0 Å². The zero-order valence-corrected chi connectivity index (χ0v) is 10.9. The van der Waals surface area contributed by atoms with Crippen LogP contribution in [-0.2, 0) is 0 Å². The Morgan fingerprint density at radius 2 is 2.00 bits per heavy atom. The average Bonchev–Trinajstić information content (AvgIpc) is 3.17. The van der Waals surface area contributed by atoms with E-state index in [0.29, 0.717) is 25.1 Å². The summed E-state index contributed by atoms with van der Waals surface area (Å²) in [6.45, 7) is 1.87. The molecule has 2 fully saturated rings. The van der Waals surface area contributed by atoms with Crippen LogP contribution in [0.3, 0.4) is 0 Å². The number of aliphatic hydroxyl groups excluding tert-OH is 1. The van der Waals surface area contributed by atoms with Crippen molar-refractivity contribution in [1.29, 1.82) is 0 Å². The zero-order valence-electron chi connectivity index (χ0n) is 10.9. The van der Waals surface area contributed by atoms with Gasteiger partial charge < -0.3 is 14.7 Å². The molecule has 0 unspecified atom stereocenters. The number of nitrogens with zero attached hydrogens (tertiary/aromatic N) is 1. The lowest BCUT2D eigenvalue weighted by molar-refractivity contribution is 0.0765. The van der Waals surface area contributed by atoms with Gasteiger partial charge in [0.1, 0.15) is 5.75 Å². The van der Waals surface area contributed by atoms with Gasteiger partial charge in [0.25, 0.3) is 5.91 Å². The van der Waals surface area contributed by atoms with Crippen molar-refractivity contribution in [2.45, 2.75) is 25.4 Å². The fraction of sp³-hybridized carbons (Fsp3) is 0.533. The molecule has 1 saturated carbocycles. The Kier molecular flexibility index (Phi) is 3.42. The molecule has 1 saturated heterocycles. The van der Waals surface area contributed by atoms with Crippen LogP contribution in [0.15, 0.2) is 24.3 Å². The van der Waals surface area contributed by atoms with Crippen molar-refractivity contribution >= 4 is 5.91 Å². The van der Waals surface area contributed by atoms with Crippen LogP contribution in [0.2, 0.25) is 0 Å². The zero-order chi connectivity index (χ0) is 13.2. The first kappa shape index (κ1) is 12.5. The Morgan fingerprint density at radius 3 is 2.58 bits per heavy atom. The third-order valence-corrected chi connectivity index (χ3v) is 3.73. The standard InChI is InChI=1S/C15H19NO3/c17-13-7-8-16(9-13)15(18)12-3-5-14(6-4-12)19-10-11-1-2-11/h3-6,11,13,17H,1-2,7-10H2/t13-/m1/s1. The summed E-state index contributed by atoms with van der Waals surface area (Å²) in [5.41, 5.74) is 0.660. The van der Waals surface area contributed by atoms with E-state index in [4.69, 9.17) is 4.74 Å². The maximum atomic E-state index is 12.2. The van der Waals surface area contributed by atoms with Crippen molar-refractivity contribution in [3.8, 4) is 5.75 Å². The van der Waals surface area contributed by atoms with E-state index < -0.39 is 0 Å². The second kappa shape index (κ2) is 5.21. The summed E-state index contributed by atoms with van der Waals surface area (Å²) < 4.78 is 5.64. The van der Waals surface area contributed by atoms with E-state index in [-0.39, 0.29) is 12.0 Å². The van der Waals surface area contributed by atoms with Crippen molar-refractivity contribution in [3.05, 3.63) is 29.8 Å². The number of ether oxygens (including phenoxy) is 1. The van der Waals surface area contributed by atoms with E-state index in [9.17, 15) is 9.90 Å². The number of hydrogen-bond donors (Lipinski definition) is 1. The Hall–Kier alpha value is -1.55. The molecule has 0 aromatic heterocycles. The van der Waals surface area contributed by atoms with Crippen LogP contribution in [0.4, 0.5) is 0 Å². The quantitative estimate of drug-likeness (QED) is 0.897. The second-order valence-electron chi connectivity index (χ2n) is 5.47. The summed E-state index contributed by atoms with van der Waals surface area (Å²) >= 11 is 0. The summed E-state index contributed by atoms with van der Waals surface area (Å²) in [5.74, 6) is 1.54. The Bertz CT molecular complexity index is 453. The SMILES string of the molecule is O=C(c1ccc(OCC2CC2)cc1)N1CC[C@@H](O)C1. The van der Waals surface area contributed by atoms with Gasteiger partial charge in [0, 0.05) is 18.7 Å². The van der Waals surface area contributed by atoms with Crippen LogP contribution >= 0.6 is 0 Å². The molecule has 102 valence electrons. The van der Waals surface area contributed by atoms with E-state index in [2.05, 4.69) is 0 Å². The van der Waals surface area contributed by atoms with Gasteiger partial charge in [-0.2, -0.15) is 0 Å². The minimum Gasteiger partial charge on any atom is -0.493 e. The van der Waals surface area contributed by atoms with Gasteiger partial charge in [-0.15, -0.1) is 0 Å². The second-order valence-corrected chi connectivity index (χ2v) is 5.47. The molecular formula is C15H19NO3. The minimum atomic E-state index is -0.370. The lowest BCUT2D eigenvalue weighted by Crippen LogP contribution is -2.29. The highest BCUT2D eigenvalue weighted by Gasteiger charge is 2.25. The first-order valence-corrected chi connectivity index (χ1v) is 6.92. The van der Waals surface area contributed by atoms with E-state index >= 15 is 0 Å². The molecule has 4 heteroatoms. The molecule has 19 heavy (non-hydrogen) atoms. The fourth-order valence-corrected chi connectivity index (χ4v) is 2.30. The third-order valence-electron chi connectivity index (χ3n) is 3.73. The van der Waals surface area contributed by atoms with Crippen LogP contribution in [0.25, 0.3) is 0 Å². The monoisotopic (exact) mass is 261 g/mol. The van der Waals surface area contributed by atoms with Crippen molar-refractivity contribution < 1.29 is 14.6 Å². The molecule has 1 aliphatic carbocycles. The van der Waals surface area contributed by atoms with E-state index in [0.717, 1.165) is 18.3 Å². The number of carbonyl (C=O) groups is 1. The largest absolute Gasteiger partial charge is 0.493 e. The maximum Gasteiger partial charge on any atom is 0.253 e. The number of hydrogen-bond acceptors (Lipinski definition) is 3. The van der Waals surface area contributed by atoms with Gasteiger partial charge in [-0.3, -0.25) is 4.79 Å². The molecule has 0 spiro atoms. The minimum absolute atomic E-state index is 0.00899. The average molecular weight is 261 g/mol. The molecule has 1 aromatic carbocycles. The summed E-state index contributed by atoms with van der Waals surface area (Å²) in [6, 6.07) is 7.30. The van der Waals surface area contributed by atoms with Crippen molar-refractivity contribution in [2.75, 3.05) is 19.7 Å². The highest BCUT2D eigenvalue weighted by Crippen LogP contribution is 2.29. The molecule has 1 atom stereocenters. The van der Waals surface area contributed by atoms with Gasteiger partial charge in [0.15, 0.2) is 0 Å². The fourth-order valence-electron chi connectivity index (χ4n) is 2.30. The molecular weight excluding hydrogens is 242 g/mol. The summed E-state index contributed by atoms with van der Waals surface area (Å²) in [6.07, 6.45) is 2.85. The molecule has 1 heterocycles. The molecule has 2 aliphatic rings. The van der Waals surface area contributed by atoms with Crippen LogP contribution < -0.4 is 4.74 Å². The van der Waals surface area contributed by atoms with Crippen molar-refractivity contribution in [2.24, 2.45) is 5.92 Å². The summed E-state index contributed by atoms with van der Waals surface area (Å²) in [7, 11) is 0. The van der Waals surface area contributed by atoms with Crippen molar-refractivity contribution in [3.63, 3.8) is 0 Å². The highest BCUT2D eigenvalue weighted by atomic mass is 16.5. The summed E-state index contributed by atoms with van der Waals surface area (Å²) in [4.78, 5) is 13.9. The number of aliphatic hydroxyl groups is 1. The molecule has 1 aliphatic heterocycles. The molecule has 0 radical (unpaired) electrons. The molecule has 1 amide bonds. The number of β-amino-alcohol motifs (C(OH)–C–C–N with tert-alkyl or cyclic N) is 1. The lowest BCUT2D eigenvalue weighted by atomic mass is 10.2. The number of rotatable bonds is 4. The van der Waals surface area contributed by atoms with E-state index in [1.807, 2.05) is 12.1 Å². The van der Waals surface area contributed by atoms with Crippen molar-refractivity contribution in [1.82, 2.24) is 4.90 Å². The first-order chi connectivity index (χ1) is 9.22. The lowest BCUT2D eigenvalue weighted by Gasteiger charge is -2.15. The van der Waals surface area contributed by atoms with Gasteiger partial charge in [-0.1, -0.05) is 0 Å². The number of amides is 1. The first-order valence-electron chi connectivity index (χ1n) is 6.92. The molecule has 0 bridgehead atoms. The van der Waals surface area contributed by atoms with Gasteiger partial charge in [-0.25, -0.2) is 0 Å². The van der Waals surface area contributed by atoms with Gasteiger partial charge >= 0.3 is 0 Å².